The molecule has 38 heavy (non-hydrogen) atoms. The van der Waals surface area contributed by atoms with Gasteiger partial charge in [-0.1, -0.05) is 44.2 Å². The van der Waals surface area contributed by atoms with Gasteiger partial charge >= 0.3 is 17.9 Å². The van der Waals surface area contributed by atoms with Gasteiger partial charge in [0.2, 0.25) is 17.7 Å². The van der Waals surface area contributed by atoms with E-state index in [1.165, 1.54) is 0 Å². The normalized spacial score (nSPS) is 14.0. The van der Waals surface area contributed by atoms with Gasteiger partial charge in [-0.2, -0.15) is 0 Å². The number of amides is 3. The van der Waals surface area contributed by atoms with Crippen molar-refractivity contribution >= 4 is 35.6 Å². The van der Waals surface area contributed by atoms with Crippen molar-refractivity contribution in [1.29, 1.82) is 0 Å². The molecule has 1 rings (SSSR count). The first kappa shape index (κ1) is 32.0. The first-order valence-electron chi connectivity index (χ1n) is 12.2. The second kappa shape index (κ2) is 16.0. The van der Waals surface area contributed by atoms with E-state index in [4.69, 9.17) is 15.9 Å². The standard InChI is InChI=1S/C25H36N4O9/c1-14(2)12-16(26)22(34)29-19(13-15-6-4-3-5-7-15)24(36)27-17(8-10-20(30)31)23(35)28-18(25(37)38)9-11-21(32)33/h3-7,14,16-19H,8-13,26H2,1-2H3,(H,27,36)(H,28,35)(H,29,34)(H,30,31)(H,32,33)(H,37,38). The predicted molar refractivity (Wildman–Crippen MR) is 135 cm³/mol. The summed E-state index contributed by atoms with van der Waals surface area (Å²) in [6.45, 7) is 3.77. The van der Waals surface area contributed by atoms with Crippen LogP contribution in [0.2, 0.25) is 0 Å². The predicted octanol–water partition coefficient (Wildman–Crippen LogP) is -0.129. The van der Waals surface area contributed by atoms with Gasteiger partial charge < -0.3 is 37.0 Å². The quantitative estimate of drug-likeness (QED) is 0.140. The van der Waals surface area contributed by atoms with Crippen LogP contribution in [0, 0.1) is 5.92 Å². The first-order valence-corrected chi connectivity index (χ1v) is 12.2. The van der Waals surface area contributed by atoms with Gasteiger partial charge in [-0.05, 0) is 30.7 Å². The van der Waals surface area contributed by atoms with Crippen molar-refractivity contribution < 1.29 is 44.1 Å². The molecule has 0 saturated heterocycles. The second-order valence-corrected chi connectivity index (χ2v) is 9.31. The zero-order valence-corrected chi connectivity index (χ0v) is 21.4. The molecular formula is C25H36N4O9. The van der Waals surface area contributed by atoms with Crippen molar-refractivity contribution in [2.45, 2.75) is 76.5 Å². The third-order valence-corrected chi connectivity index (χ3v) is 5.52. The van der Waals surface area contributed by atoms with Crippen LogP contribution in [0.15, 0.2) is 30.3 Å². The number of rotatable bonds is 17. The molecule has 0 heterocycles. The second-order valence-electron chi connectivity index (χ2n) is 9.31. The Balaban J connectivity index is 3.12. The lowest BCUT2D eigenvalue weighted by Crippen LogP contribution is -2.57. The van der Waals surface area contributed by atoms with Gasteiger partial charge in [-0.3, -0.25) is 24.0 Å². The van der Waals surface area contributed by atoms with Gasteiger partial charge in [0.05, 0.1) is 6.04 Å². The molecule has 0 aliphatic rings. The van der Waals surface area contributed by atoms with Crippen LogP contribution in [0.1, 0.15) is 51.5 Å². The van der Waals surface area contributed by atoms with Crippen molar-refractivity contribution in [2.24, 2.45) is 11.7 Å². The van der Waals surface area contributed by atoms with Crippen LogP contribution >= 0.6 is 0 Å². The van der Waals surface area contributed by atoms with Crippen molar-refractivity contribution in [3.8, 4) is 0 Å². The molecule has 13 nitrogen and oxygen atoms in total. The van der Waals surface area contributed by atoms with Crippen molar-refractivity contribution in [3.63, 3.8) is 0 Å². The Morgan fingerprint density at radius 2 is 1.21 bits per heavy atom. The van der Waals surface area contributed by atoms with Crippen molar-refractivity contribution in [3.05, 3.63) is 35.9 Å². The number of carbonyl (C=O) groups is 6. The first-order chi connectivity index (χ1) is 17.8. The molecule has 0 bridgehead atoms. The molecule has 0 spiro atoms. The van der Waals surface area contributed by atoms with Crippen LogP contribution in [0.25, 0.3) is 0 Å². The number of carboxylic acids is 3. The largest absolute Gasteiger partial charge is 0.481 e. The third-order valence-electron chi connectivity index (χ3n) is 5.52. The van der Waals surface area contributed by atoms with Gasteiger partial charge in [-0.15, -0.1) is 0 Å². The highest BCUT2D eigenvalue weighted by Crippen LogP contribution is 2.08. The zero-order valence-electron chi connectivity index (χ0n) is 21.4. The van der Waals surface area contributed by atoms with Crippen LogP contribution in [0.5, 0.6) is 0 Å². The summed E-state index contributed by atoms with van der Waals surface area (Å²) in [5.74, 6) is -6.29. The fourth-order valence-corrected chi connectivity index (χ4v) is 3.56. The van der Waals surface area contributed by atoms with E-state index in [9.17, 15) is 33.9 Å². The van der Waals surface area contributed by atoms with Gasteiger partial charge in [0.25, 0.3) is 0 Å². The van der Waals surface area contributed by atoms with Crippen LogP contribution in [-0.4, -0.2) is 75.1 Å². The van der Waals surface area contributed by atoms with Crippen molar-refractivity contribution in [2.75, 3.05) is 0 Å². The lowest BCUT2D eigenvalue weighted by atomic mass is 10.0. The summed E-state index contributed by atoms with van der Waals surface area (Å²) in [5.41, 5.74) is 6.64. The van der Waals surface area contributed by atoms with E-state index >= 15 is 0 Å². The summed E-state index contributed by atoms with van der Waals surface area (Å²) < 4.78 is 0. The number of nitrogens with two attached hydrogens (primary N) is 1. The minimum absolute atomic E-state index is 0.0381. The zero-order chi connectivity index (χ0) is 28.8. The number of carbonyl (C=O) groups excluding carboxylic acids is 3. The number of aliphatic carboxylic acids is 3. The molecule has 4 unspecified atom stereocenters. The fraction of sp³-hybridized carbons (Fsp3) is 0.520. The van der Waals surface area contributed by atoms with E-state index in [1.807, 2.05) is 13.8 Å². The number of hydrogen-bond donors (Lipinski definition) is 7. The fourth-order valence-electron chi connectivity index (χ4n) is 3.56. The molecule has 0 fully saturated rings. The molecule has 1 aromatic rings. The molecule has 4 atom stereocenters. The Labute approximate surface area is 220 Å². The van der Waals surface area contributed by atoms with Crippen LogP contribution < -0.4 is 21.7 Å². The molecule has 0 aliphatic carbocycles. The molecule has 0 aliphatic heterocycles. The topological polar surface area (TPSA) is 225 Å². The maximum Gasteiger partial charge on any atom is 0.326 e. The smallest absolute Gasteiger partial charge is 0.326 e. The highest BCUT2D eigenvalue weighted by Gasteiger charge is 2.31. The molecule has 8 N–H and O–H groups in total. The molecular weight excluding hydrogens is 500 g/mol. The van der Waals surface area contributed by atoms with Gasteiger partial charge in [0.15, 0.2) is 0 Å². The Kier molecular flexibility index (Phi) is 13.5. The van der Waals surface area contributed by atoms with Crippen LogP contribution in [0.3, 0.4) is 0 Å². The van der Waals surface area contributed by atoms with E-state index in [0.29, 0.717) is 12.0 Å². The number of carboxylic acid groups (broad SMARTS) is 3. The minimum atomic E-state index is -1.57. The van der Waals surface area contributed by atoms with E-state index < -0.39 is 79.1 Å². The average molecular weight is 537 g/mol. The van der Waals surface area contributed by atoms with Crippen LogP contribution in [0.4, 0.5) is 0 Å². The van der Waals surface area contributed by atoms with Gasteiger partial charge in [0, 0.05) is 19.3 Å². The molecule has 3 amide bonds. The minimum Gasteiger partial charge on any atom is -0.481 e. The van der Waals surface area contributed by atoms with E-state index in [-0.39, 0.29) is 18.8 Å². The van der Waals surface area contributed by atoms with Crippen LogP contribution in [-0.2, 0) is 35.2 Å². The average Bonchev–Trinajstić information content (AvgIpc) is 2.83. The lowest BCUT2D eigenvalue weighted by molar-refractivity contribution is -0.144. The summed E-state index contributed by atoms with van der Waals surface area (Å²) in [4.78, 5) is 72.2. The van der Waals surface area contributed by atoms with Gasteiger partial charge in [0.1, 0.15) is 18.1 Å². The summed E-state index contributed by atoms with van der Waals surface area (Å²) in [6.07, 6.45) is -1.46. The Hall–Kier alpha value is -4.00. The summed E-state index contributed by atoms with van der Waals surface area (Å²) in [7, 11) is 0. The van der Waals surface area contributed by atoms with Crippen molar-refractivity contribution in [1.82, 2.24) is 16.0 Å². The summed E-state index contributed by atoms with van der Waals surface area (Å²) in [6, 6.07) is 3.60. The summed E-state index contributed by atoms with van der Waals surface area (Å²) in [5, 5.41) is 34.4. The third kappa shape index (κ3) is 12.3. The van der Waals surface area contributed by atoms with E-state index in [1.54, 1.807) is 30.3 Å². The Morgan fingerprint density at radius 1 is 0.737 bits per heavy atom. The lowest BCUT2D eigenvalue weighted by Gasteiger charge is -2.25. The Morgan fingerprint density at radius 3 is 1.71 bits per heavy atom. The number of hydrogen-bond acceptors (Lipinski definition) is 7. The molecule has 210 valence electrons. The maximum atomic E-state index is 13.2. The SMILES string of the molecule is CC(C)CC(N)C(=O)NC(Cc1ccccc1)C(=O)NC(CCC(=O)O)C(=O)NC(CCC(=O)O)C(=O)O. The van der Waals surface area contributed by atoms with E-state index in [2.05, 4.69) is 16.0 Å². The molecule has 1 aromatic carbocycles. The monoisotopic (exact) mass is 536 g/mol. The summed E-state index contributed by atoms with van der Waals surface area (Å²) >= 11 is 0. The van der Waals surface area contributed by atoms with E-state index in [0.717, 1.165) is 0 Å². The Bertz CT molecular complexity index is 984. The maximum absolute atomic E-state index is 13.2. The molecule has 0 radical (unpaired) electrons. The van der Waals surface area contributed by atoms with Gasteiger partial charge in [-0.25, -0.2) is 4.79 Å². The highest BCUT2D eigenvalue weighted by molar-refractivity contribution is 5.94. The molecule has 13 heteroatoms. The molecule has 0 saturated carbocycles. The highest BCUT2D eigenvalue weighted by atomic mass is 16.4. The molecule has 0 aromatic heterocycles. The number of nitrogens with one attached hydrogen (secondary N) is 3. The number of benzene rings is 1.